The Balaban J connectivity index is 1.58. The van der Waals surface area contributed by atoms with Gasteiger partial charge in [0.25, 0.3) is 0 Å². The summed E-state index contributed by atoms with van der Waals surface area (Å²) >= 11 is 0. The van der Waals surface area contributed by atoms with Crippen molar-refractivity contribution in [3.8, 4) is 0 Å². The molecule has 2 bridgehead atoms. The van der Waals surface area contributed by atoms with Gasteiger partial charge in [0.2, 0.25) is 5.91 Å². The minimum absolute atomic E-state index is 0.00959. The number of amides is 1. The van der Waals surface area contributed by atoms with E-state index < -0.39 is 0 Å². The Morgan fingerprint density at radius 3 is 2.52 bits per heavy atom. The van der Waals surface area contributed by atoms with Crippen molar-refractivity contribution in [3.05, 3.63) is 24.3 Å². The van der Waals surface area contributed by atoms with E-state index in [-0.39, 0.29) is 11.8 Å². The number of benzene rings is 1. The van der Waals surface area contributed by atoms with E-state index >= 15 is 0 Å². The average molecular weight is 287 g/mol. The third-order valence-electron chi connectivity index (χ3n) is 4.66. The molecule has 1 amide bonds. The number of nitrogens with one attached hydrogen (secondary N) is 2. The average Bonchev–Trinajstić information content (AvgIpc) is 2.86. The lowest BCUT2D eigenvalue weighted by Gasteiger charge is -2.31. The Morgan fingerprint density at radius 1 is 1.14 bits per heavy atom. The van der Waals surface area contributed by atoms with Crippen LogP contribution in [0.5, 0.6) is 0 Å². The lowest BCUT2D eigenvalue weighted by Crippen LogP contribution is -2.39. The maximum atomic E-state index is 11.7. The van der Waals surface area contributed by atoms with Crippen LogP contribution in [0.15, 0.2) is 24.3 Å². The van der Waals surface area contributed by atoms with Crippen LogP contribution >= 0.6 is 0 Å². The lowest BCUT2D eigenvalue weighted by molar-refractivity contribution is -0.118. The van der Waals surface area contributed by atoms with Gasteiger partial charge < -0.3 is 15.5 Å². The monoisotopic (exact) mass is 287 g/mol. The highest BCUT2D eigenvalue weighted by atomic mass is 16.1. The molecule has 0 aliphatic carbocycles. The number of piperidine rings is 1. The van der Waals surface area contributed by atoms with E-state index in [2.05, 4.69) is 27.7 Å². The quantitative estimate of drug-likeness (QED) is 0.895. The first kappa shape index (κ1) is 14.4. The van der Waals surface area contributed by atoms with Crippen molar-refractivity contribution in [1.82, 2.24) is 4.90 Å². The van der Waals surface area contributed by atoms with Crippen molar-refractivity contribution in [2.75, 3.05) is 30.3 Å². The molecule has 21 heavy (non-hydrogen) atoms. The van der Waals surface area contributed by atoms with Crippen molar-refractivity contribution < 1.29 is 4.79 Å². The summed E-state index contributed by atoms with van der Waals surface area (Å²) in [5.41, 5.74) is 2.03. The molecule has 0 radical (unpaired) electrons. The van der Waals surface area contributed by atoms with Gasteiger partial charge in [0, 0.05) is 36.4 Å². The molecule has 1 aromatic rings. The number of hydrogen-bond donors (Lipinski definition) is 2. The van der Waals surface area contributed by atoms with E-state index in [0.29, 0.717) is 6.04 Å². The maximum absolute atomic E-state index is 11.7. The first-order valence-corrected chi connectivity index (χ1v) is 8.01. The molecule has 0 aromatic heterocycles. The first-order valence-electron chi connectivity index (χ1n) is 8.01. The van der Waals surface area contributed by atoms with Crippen LogP contribution in [0.2, 0.25) is 0 Å². The molecule has 1 aromatic carbocycles. The summed E-state index contributed by atoms with van der Waals surface area (Å²) in [6.45, 7) is 7.54. The molecule has 114 valence electrons. The zero-order chi connectivity index (χ0) is 14.8. The zero-order valence-corrected chi connectivity index (χ0v) is 12.9. The molecule has 3 unspecified atom stereocenters. The van der Waals surface area contributed by atoms with E-state index in [1.807, 2.05) is 26.0 Å². The van der Waals surface area contributed by atoms with Crippen LogP contribution < -0.4 is 10.6 Å². The fourth-order valence-electron chi connectivity index (χ4n) is 3.29. The third-order valence-corrected chi connectivity index (χ3v) is 4.66. The minimum atomic E-state index is 0.00959. The Kier molecular flexibility index (Phi) is 4.15. The van der Waals surface area contributed by atoms with Crippen LogP contribution in [0.4, 0.5) is 11.4 Å². The van der Waals surface area contributed by atoms with Crippen LogP contribution in [0.25, 0.3) is 0 Å². The molecule has 2 saturated heterocycles. The zero-order valence-electron chi connectivity index (χ0n) is 12.9. The summed E-state index contributed by atoms with van der Waals surface area (Å²) in [7, 11) is 0. The molecule has 3 rings (SSSR count). The van der Waals surface area contributed by atoms with Crippen LogP contribution in [0.1, 0.15) is 26.7 Å². The predicted octanol–water partition coefficient (Wildman–Crippen LogP) is 2.79. The Morgan fingerprint density at radius 2 is 1.81 bits per heavy atom. The van der Waals surface area contributed by atoms with E-state index in [1.54, 1.807) is 0 Å². The SMILES string of the molecule is CC(C)C(=O)Nc1ccc(NC2CCN3CCC2C3)cc1. The fourth-order valence-corrected chi connectivity index (χ4v) is 3.29. The summed E-state index contributed by atoms with van der Waals surface area (Å²) in [6, 6.07) is 8.69. The van der Waals surface area contributed by atoms with Crippen LogP contribution in [-0.4, -0.2) is 36.5 Å². The molecular formula is C17H25N3O. The van der Waals surface area contributed by atoms with Gasteiger partial charge in [0.15, 0.2) is 0 Å². The second kappa shape index (κ2) is 6.06. The van der Waals surface area contributed by atoms with Gasteiger partial charge in [-0.1, -0.05) is 13.8 Å². The maximum Gasteiger partial charge on any atom is 0.226 e. The second-order valence-corrected chi connectivity index (χ2v) is 6.61. The van der Waals surface area contributed by atoms with Gasteiger partial charge in [-0.2, -0.15) is 0 Å². The Bertz CT molecular complexity index is 497. The van der Waals surface area contributed by atoms with Crippen molar-refractivity contribution in [3.63, 3.8) is 0 Å². The molecule has 0 spiro atoms. The number of carbonyl (C=O) groups excluding carboxylic acids is 1. The van der Waals surface area contributed by atoms with Crippen molar-refractivity contribution >= 4 is 17.3 Å². The standard InChI is InChI=1S/C17H25N3O/c1-12(2)17(21)19-15-5-3-14(4-6-15)18-16-8-10-20-9-7-13(16)11-20/h3-6,12-13,16,18H,7-11H2,1-2H3,(H,19,21). The highest BCUT2D eigenvalue weighted by molar-refractivity contribution is 5.92. The van der Waals surface area contributed by atoms with Crippen molar-refractivity contribution in [2.45, 2.75) is 32.7 Å². The number of carbonyl (C=O) groups is 1. The molecule has 2 N–H and O–H groups in total. The molecule has 2 aliphatic rings. The van der Waals surface area contributed by atoms with E-state index in [4.69, 9.17) is 0 Å². The summed E-state index contributed by atoms with van der Waals surface area (Å²) in [5, 5.41) is 6.60. The van der Waals surface area contributed by atoms with Crippen molar-refractivity contribution in [1.29, 1.82) is 0 Å². The van der Waals surface area contributed by atoms with E-state index in [1.165, 1.54) is 32.5 Å². The molecule has 2 aliphatic heterocycles. The topological polar surface area (TPSA) is 44.4 Å². The largest absolute Gasteiger partial charge is 0.382 e. The minimum Gasteiger partial charge on any atom is -0.382 e. The summed E-state index contributed by atoms with van der Waals surface area (Å²) in [4.78, 5) is 14.2. The number of rotatable bonds is 4. The van der Waals surface area contributed by atoms with Crippen LogP contribution in [-0.2, 0) is 4.79 Å². The molecule has 3 atom stereocenters. The molecule has 2 heterocycles. The summed E-state index contributed by atoms with van der Waals surface area (Å²) < 4.78 is 0. The van der Waals surface area contributed by atoms with E-state index in [9.17, 15) is 4.79 Å². The number of fused-ring (bicyclic) bond motifs is 2. The van der Waals surface area contributed by atoms with Gasteiger partial charge in [-0.05, 0) is 49.6 Å². The lowest BCUT2D eigenvalue weighted by atomic mass is 9.94. The van der Waals surface area contributed by atoms with Crippen LogP contribution in [0.3, 0.4) is 0 Å². The van der Waals surface area contributed by atoms with Gasteiger partial charge in [0.05, 0.1) is 0 Å². The predicted molar refractivity (Wildman–Crippen MR) is 86.5 cm³/mol. The summed E-state index contributed by atoms with van der Waals surface area (Å²) in [5.74, 6) is 0.864. The molecule has 4 nitrogen and oxygen atoms in total. The Labute approximate surface area is 126 Å². The highest BCUT2D eigenvalue weighted by Gasteiger charge is 2.33. The van der Waals surface area contributed by atoms with Gasteiger partial charge in [-0.25, -0.2) is 0 Å². The molecule has 0 saturated carbocycles. The first-order chi connectivity index (χ1) is 10.1. The van der Waals surface area contributed by atoms with Gasteiger partial charge in [0.1, 0.15) is 0 Å². The molecular weight excluding hydrogens is 262 g/mol. The third kappa shape index (κ3) is 3.38. The van der Waals surface area contributed by atoms with Gasteiger partial charge >= 0.3 is 0 Å². The smallest absolute Gasteiger partial charge is 0.226 e. The number of nitrogens with zero attached hydrogens (tertiary/aromatic N) is 1. The van der Waals surface area contributed by atoms with Gasteiger partial charge in [-0.15, -0.1) is 0 Å². The van der Waals surface area contributed by atoms with Crippen LogP contribution in [0, 0.1) is 11.8 Å². The normalized spacial score (nSPS) is 27.7. The number of hydrogen-bond acceptors (Lipinski definition) is 3. The molecule has 2 fully saturated rings. The van der Waals surface area contributed by atoms with Gasteiger partial charge in [-0.3, -0.25) is 4.79 Å². The molecule has 4 heteroatoms. The summed E-state index contributed by atoms with van der Waals surface area (Å²) in [6.07, 6.45) is 2.55. The highest BCUT2D eigenvalue weighted by Crippen LogP contribution is 2.29. The van der Waals surface area contributed by atoms with Crippen molar-refractivity contribution in [2.24, 2.45) is 11.8 Å². The Hall–Kier alpha value is -1.55. The number of anilines is 2. The fraction of sp³-hybridized carbons (Fsp3) is 0.588. The second-order valence-electron chi connectivity index (χ2n) is 6.61. The van der Waals surface area contributed by atoms with E-state index in [0.717, 1.165) is 17.3 Å².